The van der Waals surface area contributed by atoms with Gasteiger partial charge in [0.2, 0.25) is 5.91 Å². The van der Waals surface area contributed by atoms with Crippen molar-refractivity contribution in [3.05, 3.63) is 29.3 Å². The lowest BCUT2D eigenvalue weighted by molar-refractivity contribution is -0.141. The molecule has 18 heavy (non-hydrogen) atoms. The van der Waals surface area contributed by atoms with Gasteiger partial charge in [-0.1, -0.05) is 23.7 Å². The first kappa shape index (κ1) is 14.9. The van der Waals surface area contributed by atoms with Gasteiger partial charge in [-0.25, -0.2) is 0 Å². The zero-order valence-electron chi connectivity index (χ0n) is 9.85. The Bertz CT molecular complexity index is 439. The van der Waals surface area contributed by atoms with Gasteiger partial charge in [0.15, 0.2) is 0 Å². The number of carbonyl (C=O) groups is 2. The van der Waals surface area contributed by atoms with E-state index in [0.29, 0.717) is 10.8 Å². The molecule has 0 spiro atoms. The number of benzene rings is 1. The molecule has 4 nitrogen and oxygen atoms in total. The zero-order chi connectivity index (χ0) is 13.5. The minimum absolute atomic E-state index is 0.257. The molecule has 98 valence electrons. The third-order valence-corrected chi connectivity index (χ3v) is 3.69. The maximum atomic E-state index is 11.4. The quantitative estimate of drug-likeness (QED) is 0.789. The molecule has 0 fully saturated rings. The topological polar surface area (TPSA) is 66.4 Å². The maximum Gasteiger partial charge on any atom is 0.325 e. The van der Waals surface area contributed by atoms with Gasteiger partial charge in [0, 0.05) is 17.1 Å². The highest BCUT2D eigenvalue weighted by atomic mass is 35.5. The summed E-state index contributed by atoms with van der Waals surface area (Å²) in [5, 5.41) is 11.7. The second-order valence-corrected chi connectivity index (χ2v) is 5.20. The second kappa shape index (κ2) is 7.28. The lowest BCUT2D eigenvalue weighted by atomic mass is 10.3. The van der Waals surface area contributed by atoms with Crippen LogP contribution in [0.15, 0.2) is 29.2 Å². The fourth-order valence-electron chi connectivity index (χ4n) is 1.19. The van der Waals surface area contributed by atoms with Gasteiger partial charge in [0.1, 0.15) is 6.04 Å². The highest BCUT2D eigenvalue weighted by Gasteiger charge is 2.13. The summed E-state index contributed by atoms with van der Waals surface area (Å²) >= 11 is 7.44. The first-order valence-electron chi connectivity index (χ1n) is 5.40. The summed E-state index contributed by atoms with van der Waals surface area (Å²) in [7, 11) is 0. The van der Waals surface area contributed by atoms with Gasteiger partial charge in [0.25, 0.3) is 0 Å². The number of halogens is 1. The molecule has 1 rings (SSSR count). The number of nitrogens with one attached hydrogen (secondary N) is 1. The summed E-state index contributed by atoms with van der Waals surface area (Å²) in [4.78, 5) is 22.9. The second-order valence-electron chi connectivity index (χ2n) is 3.66. The van der Waals surface area contributed by atoms with Crippen molar-refractivity contribution in [2.75, 3.05) is 5.75 Å². The van der Waals surface area contributed by atoms with E-state index in [1.165, 1.54) is 18.7 Å². The van der Waals surface area contributed by atoms with E-state index in [9.17, 15) is 9.59 Å². The fourth-order valence-corrected chi connectivity index (χ4v) is 2.38. The third-order valence-electron chi connectivity index (χ3n) is 2.17. The molecule has 1 atom stereocenters. The van der Waals surface area contributed by atoms with Gasteiger partial charge in [-0.05, 0) is 19.1 Å². The molecule has 6 heteroatoms. The lowest BCUT2D eigenvalue weighted by Crippen LogP contribution is -2.38. The predicted molar refractivity (Wildman–Crippen MR) is 72.0 cm³/mol. The monoisotopic (exact) mass is 287 g/mol. The first-order valence-corrected chi connectivity index (χ1v) is 6.76. The molecule has 0 aliphatic rings. The van der Waals surface area contributed by atoms with Crippen LogP contribution in [-0.2, 0) is 9.59 Å². The number of hydrogen-bond donors (Lipinski definition) is 2. The first-order chi connectivity index (χ1) is 8.50. The summed E-state index contributed by atoms with van der Waals surface area (Å²) in [5.74, 6) is -0.756. The van der Waals surface area contributed by atoms with Crippen molar-refractivity contribution < 1.29 is 14.7 Å². The number of rotatable bonds is 6. The lowest BCUT2D eigenvalue weighted by Gasteiger charge is -2.09. The molecule has 2 N–H and O–H groups in total. The van der Waals surface area contributed by atoms with E-state index < -0.39 is 12.0 Å². The Hall–Kier alpha value is -1.20. The van der Waals surface area contributed by atoms with Gasteiger partial charge >= 0.3 is 5.97 Å². The molecule has 0 radical (unpaired) electrons. The highest BCUT2D eigenvalue weighted by molar-refractivity contribution is 7.99. The molecular formula is C12H14ClNO3S. The SMILES string of the molecule is CC(NC(=O)CCSc1ccccc1Cl)C(=O)O. The van der Waals surface area contributed by atoms with Crippen LogP contribution in [0.3, 0.4) is 0 Å². The van der Waals surface area contributed by atoms with E-state index in [1.54, 1.807) is 6.07 Å². The molecule has 1 unspecified atom stereocenters. The van der Waals surface area contributed by atoms with Crippen LogP contribution in [0.1, 0.15) is 13.3 Å². The van der Waals surface area contributed by atoms with E-state index in [0.717, 1.165) is 4.90 Å². The number of amides is 1. The average Bonchev–Trinajstić information content (AvgIpc) is 2.31. The highest BCUT2D eigenvalue weighted by Crippen LogP contribution is 2.26. The standard InChI is InChI=1S/C12H14ClNO3S/c1-8(12(16)17)14-11(15)6-7-18-10-5-3-2-4-9(10)13/h2-5,8H,6-7H2,1H3,(H,14,15)(H,16,17). The molecule has 1 aromatic carbocycles. The van der Waals surface area contributed by atoms with Crippen LogP contribution in [0.4, 0.5) is 0 Å². The molecule has 1 aromatic rings. The van der Waals surface area contributed by atoms with Crippen LogP contribution in [0, 0.1) is 0 Å². The largest absolute Gasteiger partial charge is 0.480 e. The van der Waals surface area contributed by atoms with Gasteiger partial charge < -0.3 is 10.4 Å². The van der Waals surface area contributed by atoms with E-state index in [2.05, 4.69) is 5.32 Å². The fraction of sp³-hybridized carbons (Fsp3) is 0.333. The smallest absolute Gasteiger partial charge is 0.325 e. The Morgan fingerprint density at radius 1 is 1.44 bits per heavy atom. The van der Waals surface area contributed by atoms with Crippen LogP contribution in [0.5, 0.6) is 0 Å². The van der Waals surface area contributed by atoms with Crippen molar-refractivity contribution in [3.8, 4) is 0 Å². The molecule has 1 amide bonds. The van der Waals surface area contributed by atoms with Crippen molar-refractivity contribution in [3.63, 3.8) is 0 Å². The Labute approximate surface area is 115 Å². The predicted octanol–water partition coefficient (Wildman–Crippen LogP) is 2.41. The molecule has 0 saturated carbocycles. The van der Waals surface area contributed by atoms with Gasteiger partial charge in [0.05, 0.1) is 5.02 Å². The summed E-state index contributed by atoms with van der Waals surface area (Å²) < 4.78 is 0. The van der Waals surface area contributed by atoms with Gasteiger partial charge in [-0.15, -0.1) is 11.8 Å². The molecule has 0 aliphatic heterocycles. The number of carbonyl (C=O) groups excluding carboxylic acids is 1. The Morgan fingerprint density at radius 2 is 2.11 bits per heavy atom. The van der Waals surface area contributed by atoms with E-state index in [4.69, 9.17) is 16.7 Å². The Balaban J connectivity index is 2.32. The van der Waals surface area contributed by atoms with Crippen molar-refractivity contribution in [2.24, 2.45) is 0 Å². The van der Waals surface area contributed by atoms with Crippen LogP contribution >= 0.6 is 23.4 Å². The van der Waals surface area contributed by atoms with Crippen molar-refractivity contribution >= 4 is 35.2 Å². The Morgan fingerprint density at radius 3 is 2.72 bits per heavy atom. The average molecular weight is 288 g/mol. The Kier molecular flexibility index (Phi) is 6.01. The minimum atomic E-state index is -1.04. The van der Waals surface area contributed by atoms with Crippen molar-refractivity contribution in [2.45, 2.75) is 24.3 Å². The van der Waals surface area contributed by atoms with Crippen LogP contribution in [-0.4, -0.2) is 28.8 Å². The number of carboxylic acid groups (broad SMARTS) is 1. The van der Waals surface area contributed by atoms with Crippen LogP contribution < -0.4 is 5.32 Å². The molecule has 0 aliphatic carbocycles. The normalized spacial score (nSPS) is 11.9. The molecular weight excluding hydrogens is 274 g/mol. The van der Waals surface area contributed by atoms with Crippen LogP contribution in [0.25, 0.3) is 0 Å². The van der Waals surface area contributed by atoms with E-state index >= 15 is 0 Å². The molecule has 0 saturated heterocycles. The van der Waals surface area contributed by atoms with Gasteiger partial charge in [-0.2, -0.15) is 0 Å². The molecule has 0 aromatic heterocycles. The number of hydrogen-bond acceptors (Lipinski definition) is 3. The van der Waals surface area contributed by atoms with Crippen molar-refractivity contribution in [1.29, 1.82) is 0 Å². The summed E-state index contributed by atoms with van der Waals surface area (Å²) in [5.41, 5.74) is 0. The number of carboxylic acids is 1. The summed E-state index contributed by atoms with van der Waals surface area (Å²) in [6, 6.07) is 6.53. The van der Waals surface area contributed by atoms with Crippen molar-refractivity contribution in [1.82, 2.24) is 5.32 Å². The molecule has 0 heterocycles. The van der Waals surface area contributed by atoms with E-state index in [1.807, 2.05) is 18.2 Å². The number of thioether (sulfide) groups is 1. The van der Waals surface area contributed by atoms with E-state index in [-0.39, 0.29) is 12.3 Å². The minimum Gasteiger partial charge on any atom is -0.480 e. The van der Waals surface area contributed by atoms with Crippen LogP contribution in [0.2, 0.25) is 5.02 Å². The number of aliphatic carboxylic acids is 1. The third kappa shape index (κ3) is 4.98. The summed E-state index contributed by atoms with van der Waals surface area (Å²) in [6.45, 7) is 1.43. The maximum absolute atomic E-state index is 11.4. The zero-order valence-corrected chi connectivity index (χ0v) is 11.4. The van der Waals surface area contributed by atoms with Gasteiger partial charge in [-0.3, -0.25) is 9.59 Å². The summed E-state index contributed by atoms with van der Waals surface area (Å²) in [6.07, 6.45) is 0.257. The molecule has 0 bridgehead atoms.